The summed E-state index contributed by atoms with van der Waals surface area (Å²) in [5.41, 5.74) is 11.6. The van der Waals surface area contributed by atoms with E-state index in [2.05, 4.69) is 61.1 Å². The molecule has 3 saturated heterocycles. The van der Waals surface area contributed by atoms with Gasteiger partial charge in [-0.3, -0.25) is 62.9 Å². The lowest BCUT2D eigenvalue weighted by Gasteiger charge is -2.38. The monoisotopic (exact) mass is 1680 g/mol. The minimum Gasteiger partial charge on any atom is -0.487 e. The van der Waals surface area contributed by atoms with Crippen molar-refractivity contribution in [3.8, 4) is 5.75 Å². The van der Waals surface area contributed by atoms with E-state index in [4.69, 9.17) is 21.6 Å². The number of nitrogens with two attached hydrogens (primary N) is 2. The van der Waals surface area contributed by atoms with Crippen molar-refractivity contribution in [2.75, 3.05) is 39.3 Å². The Bertz CT molecular complexity index is 3710. The lowest BCUT2D eigenvalue weighted by Crippen LogP contribution is -2.65. The second kappa shape index (κ2) is 49.9. The van der Waals surface area contributed by atoms with Gasteiger partial charge in [0, 0.05) is 32.6 Å². The Morgan fingerprint density at radius 3 is 1.61 bits per heavy atom. The van der Waals surface area contributed by atoms with Gasteiger partial charge in [0.15, 0.2) is 5.78 Å². The second-order valence-corrected chi connectivity index (χ2v) is 35.6. The number of carboxylic acids is 1. The van der Waals surface area contributed by atoms with E-state index < -0.39 is 171 Å². The molecule has 1 aromatic rings. The molecule has 0 bridgehead atoms. The molecule has 33 heteroatoms. The molecular formula is C85H143N15O17S. The number of ether oxygens (including phenoxy) is 1. The van der Waals surface area contributed by atoms with Crippen molar-refractivity contribution in [2.24, 2.45) is 17.4 Å². The number of aliphatic carboxylic acids is 1. The van der Waals surface area contributed by atoms with Crippen LogP contribution in [0.15, 0.2) is 4.90 Å². The van der Waals surface area contributed by atoms with Crippen LogP contribution in [0, 0.1) is 32.1 Å². The minimum absolute atomic E-state index is 0.0329. The number of benzene rings is 1. The molecule has 11 amide bonds. The molecule has 4 aliphatic heterocycles. The number of ketones is 1. The molecule has 666 valence electrons. The summed E-state index contributed by atoms with van der Waals surface area (Å²) in [5, 5.41) is 39.9. The zero-order valence-corrected chi connectivity index (χ0v) is 73.3. The number of hydrogen-bond donors (Lipinski definition) is 13. The summed E-state index contributed by atoms with van der Waals surface area (Å²) in [6.07, 6.45) is 28.3. The van der Waals surface area contributed by atoms with Crippen LogP contribution < -0.4 is 63.5 Å². The smallest absolute Gasteiger partial charge is 0.326 e. The van der Waals surface area contributed by atoms with Crippen LogP contribution in [0.25, 0.3) is 0 Å². The van der Waals surface area contributed by atoms with Gasteiger partial charge in [0.1, 0.15) is 65.2 Å². The molecule has 0 radical (unpaired) electrons. The first kappa shape index (κ1) is 100. The molecule has 0 aliphatic carbocycles. The number of nitrogens with one attached hydrogen (secondary N) is 10. The van der Waals surface area contributed by atoms with E-state index in [1.807, 2.05) is 20.8 Å². The van der Waals surface area contributed by atoms with Crippen molar-refractivity contribution in [3.05, 3.63) is 22.3 Å². The highest BCUT2D eigenvalue weighted by atomic mass is 32.2. The Hall–Kier alpha value is -8.49. The number of carboxylic acid groups (broad SMARTS) is 1. The standard InChI is InChI=1S/C85H143N15O17S/c1-12-14-16-18-20-22-24-26-28-30-32-34-39-62(52-91-83(88)97-118(115,116)73-56(4)55(3)72-63(57(73)5)45-47-84(10,11)117-72)51-85(96-77(108)71(87)61(9)101,46-35-33-31-29-27-25-23-21-19-17-15-13-2)82(114)94-58(6)74(105)90-53-69(103)89-54-70(104)92-59(7)75(106)93-60(8)78(109)99-49-37-41-66(99)80(111)100-50-38-42-67(100)79(110)98-48-36-40-65(98)76(107)95-64(81(112)113)43-44-68(86)102/h58-60,62,64-67,71H,12-54,87H2,1-11H3,(H2,86,102)(H,89,103)(H,90,105)(H,92,104)(H,93,106)(H,94,114)(H,95,107)(H,96,108)(H,112,113)(H3,88,91,97)/t58-,59-,60-,62?,64-,65-,66-,67-,71-,85-/m0/s1. The van der Waals surface area contributed by atoms with Gasteiger partial charge in [0.05, 0.1) is 18.0 Å². The second-order valence-electron chi connectivity index (χ2n) is 34.0. The van der Waals surface area contributed by atoms with Gasteiger partial charge in [-0.2, -0.15) is 0 Å². The summed E-state index contributed by atoms with van der Waals surface area (Å²) < 4.78 is 37.9. The highest BCUT2D eigenvalue weighted by molar-refractivity contribution is 7.90. The number of hydrogen-bond acceptors (Lipinski definition) is 18. The van der Waals surface area contributed by atoms with Crippen LogP contribution >= 0.6 is 0 Å². The molecule has 1 unspecified atom stereocenters. The maximum atomic E-state index is 15.5. The largest absolute Gasteiger partial charge is 0.487 e. The molecule has 3 fully saturated rings. The molecule has 118 heavy (non-hydrogen) atoms. The van der Waals surface area contributed by atoms with Crippen molar-refractivity contribution < 1.29 is 80.6 Å². The van der Waals surface area contributed by atoms with E-state index >= 15 is 4.79 Å². The number of carbonyl (C=O) groups excluding carboxylic acids is 12. The van der Waals surface area contributed by atoms with Gasteiger partial charge < -0.3 is 78.5 Å². The molecule has 4 heterocycles. The van der Waals surface area contributed by atoms with Crippen molar-refractivity contribution in [1.29, 1.82) is 5.41 Å². The predicted octanol–water partition coefficient (Wildman–Crippen LogP) is 7.03. The number of fused-ring (bicyclic) bond motifs is 1. The van der Waals surface area contributed by atoms with Crippen molar-refractivity contribution in [3.63, 3.8) is 0 Å². The summed E-state index contributed by atoms with van der Waals surface area (Å²) in [4.78, 5) is 180. The molecule has 15 N–H and O–H groups in total. The van der Waals surface area contributed by atoms with E-state index in [1.165, 1.54) is 106 Å². The normalized spacial score (nSPS) is 18.3. The predicted molar refractivity (Wildman–Crippen MR) is 450 cm³/mol. The van der Waals surface area contributed by atoms with Gasteiger partial charge in [0.25, 0.3) is 10.0 Å². The summed E-state index contributed by atoms with van der Waals surface area (Å²) >= 11 is 0. The van der Waals surface area contributed by atoms with Gasteiger partial charge in [-0.15, -0.1) is 0 Å². The summed E-state index contributed by atoms with van der Waals surface area (Å²) in [5.74, 6) is -10.5. The van der Waals surface area contributed by atoms with Gasteiger partial charge in [-0.1, -0.05) is 168 Å². The van der Waals surface area contributed by atoms with E-state index in [0.717, 1.165) is 76.7 Å². The molecule has 5 rings (SSSR count). The maximum Gasteiger partial charge on any atom is 0.326 e. The van der Waals surface area contributed by atoms with Gasteiger partial charge in [-0.05, 0) is 168 Å². The first-order valence-electron chi connectivity index (χ1n) is 43.8. The molecule has 10 atom stereocenters. The highest BCUT2D eigenvalue weighted by Crippen LogP contribution is 2.42. The Morgan fingerprint density at radius 2 is 1.08 bits per heavy atom. The number of rotatable bonds is 54. The number of carbonyl (C=O) groups is 13. The fourth-order valence-electron chi connectivity index (χ4n) is 16.5. The number of likely N-dealkylation sites (tertiary alicyclic amines) is 3. The SMILES string of the molecule is CCCCCCCCCCCCCCC(CNC(=N)NS(=O)(=O)c1c(C)c(C)c2c(c1C)CCC(C)(C)O2)C[C@](CCCCCCCCCCCCCC)(NC(=O)[C@@H](N)C(C)=O)C(=O)N[C@@H](C)C(=O)NCC(=O)NCC(=O)N[C@@H](C)C(=O)N[C@@H](C)C(=O)N1CCC[C@H]1C(=O)N1CCC[C@H]1C(=O)N1CCC[C@H]1C(=O)N[C@@H](CCC(N)=O)C(=O)O. The Balaban J connectivity index is 1.25. The van der Waals surface area contributed by atoms with Crippen LogP contribution in [0.1, 0.15) is 309 Å². The molecule has 0 saturated carbocycles. The molecule has 32 nitrogen and oxygen atoms in total. The van der Waals surface area contributed by atoms with Crippen LogP contribution in [0.5, 0.6) is 5.75 Å². The summed E-state index contributed by atoms with van der Waals surface area (Å²) in [6.45, 7) is 18.1. The maximum absolute atomic E-state index is 15.5. The first-order chi connectivity index (χ1) is 55.9. The lowest BCUT2D eigenvalue weighted by atomic mass is 9.79. The highest BCUT2D eigenvalue weighted by Gasteiger charge is 2.48. The number of Topliss-reactive ketones (excluding diaryl/α,β-unsaturated/α-hetero) is 1. The van der Waals surface area contributed by atoms with Gasteiger partial charge >= 0.3 is 5.97 Å². The Morgan fingerprint density at radius 1 is 0.585 bits per heavy atom. The van der Waals surface area contributed by atoms with Crippen molar-refractivity contribution in [2.45, 2.75) is 378 Å². The van der Waals surface area contributed by atoms with E-state index in [-0.39, 0.29) is 76.0 Å². The summed E-state index contributed by atoms with van der Waals surface area (Å²) in [6, 6.07) is -9.88. The van der Waals surface area contributed by atoms with E-state index in [1.54, 1.807) is 13.8 Å². The van der Waals surface area contributed by atoms with Gasteiger partial charge in [-0.25, -0.2) is 17.9 Å². The topological polar surface area (TPSA) is 479 Å². The zero-order valence-electron chi connectivity index (χ0n) is 72.5. The van der Waals surface area contributed by atoms with Gasteiger partial charge in [0.2, 0.25) is 70.9 Å². The Labute approximate surface area is 700 Å². The van der Waals surface area contributed by atoms with Crippen molar-refractivity contribution in [1.82, 2.24) is 62.0 Å². The number of sulfonamides is 1. The quantitative estimate of drug-likeness (QED) is 0.0135. The molecule has 1 aromatic carbocycles. The number of primary amides is 1. The average molecular weight is 1680 g/mol. The molecular weight excluding hydrogens is 1540 g/mol. The number of nitrogens with zero attached hydrogens (tertiary/aromatic N) is 3. The average Bonchev–Trinajstić information content (AvgIpc) is 0.852. The molecule has 4 aliphatic rings. The molecule has 0 spiro atoms. The Kier molecular flexibility index (Phi) is 42.3. The van der Waals surface area contributed by atoms with E-state index in [9.17, 15) is 71.1 Å². The summed E-state index contributed by atoms with van der Waals surface area (Å²) in [7, 11) is -4.37. The third-order valence-electron chi connectivity index (χ3n) is 23.7. The van der Waals surface area contributed by atoms with E-state index in [0.29, 0.717) is 80.2 Å². The van der Waals surface area contributed by atoms with Crippen LogP contribution in [-0.4, -0.2) is 210 Å². The third-order valence-corrected chi connectivity index (χ3v) is 25.3. The number of amides is 11. The van der Waals surface area contributed by atoms with Crippen LogP contribution in [0.3, 0.4) is 0 Å². The molecule has 0 aromatic heterocycles. The van der Waals surface area contributed by atoms with Crippen LogP contribution in [0.2, 0.25) is 0 Å². The fraction of sp³-hybridized carbons (Fsp3) is 0.765. The van der Waals surface area contributed by atoms with Crippen LogP contribution in [0.4, 0.5) is 0 Å². The fourth-order valence-corrected chi connectivity index (χ4v) is 18.1. The van der Waals surface area contributed by atoms with Crippen molar-refractivity contribution >= 4 is 92.7 Å². The zero-order chi connectivity index (χ0) is 87.5. The van der Waals surface area contributed by atoms with Crippen LogP contribution in [-0.2, 0) is 78.8 Å². The third kappa shape index (κ3) is 31.6. The first-order valence-corrected chi connectivity index (χ1v) is 45.3. The lowest BCUT2D eigenvalue weighted by molar-refractivity contribution is -0.151. The number of guanidine groups is 1. The number of unbranched alkanes of at least 4 members (excludes halogenated alkanes) is 22. The minimum atomic E-state index is -4.37.